The molecular formula is C26H31BrN8O2. The predicted molar refractivity (Wildman–Crippen MR) is 143 cm³/mol. The largest absolute Gasteiger partial charge is 0.359 e. The van der Waals surface area contributed by atoms with Gasteiger partial charge in [-0.3, -0.25) is 9.59 Å². The standard InChI is InChI=1S/C26H31BrN8O2/c1-26(24(37)28-2)7-5-18(10-26)31-25-30-13-20-21(27)33-35(22(20)32-25)19-4-3-16-14-34(8-6-15(16)9-19)23(36)17-11-29-12-17/h3-4,9,13,17-18,29H,5-8,10-12,14H2,1-2H3,(H,28,37)(H,30,31,32)/t18-,26-/m1/s1. The van der Waals surface area contributed by atoms with Crippen LogP contribution in [0.4, 0.5) is 5.95 Å². The van der Waals surface area contributed by atoms with E-state index in [1.165, 1.54) is 11.1 Å². The van der Waals surface area contributed by atoms with Crippen molar-refractivity contribution in [1.82, 2.24) is 35.3 Å². The summed E-state index contributed by atoms with van der Waals surface area (Å²) in [6.45, 7) is 4.98. The van der Waals surface area contributed by atoms with Crippen LogP contribution in [0.3, 0.4) is 0 Å². The summed E-state index contributed by atoms with van der Waals surface area (Å²) in [5, 5.41) is 14.9. The van der Waals surface area contributed by atoms with Crippen molar-refractivity contribution in [3.8, 4) is 5.69 Å². The summed E-state index contributed by atoms with van der Waals surface area (Å²) in [4.78, 5) is 36.3. The first-order valence-corrected chi connectivity index (χ1v) is 13.7. The second-order valence-corrected chi connectivity index (χ2v) is 11.4. The van der Waals surface area contributed by atoms with Crippen molar-refractivity contribution >= 4 is 44.7 Å². The van der Waals surface area contributed by atoms with Gasteiger partial charge in [-0.15, -0.1) is 0 Å². The number of carbonyl (C=O) groups is 2. The van der Waals surface area contributed by atoms with Crippen molar-refractivity contribution in [3.05, 3.63) is 40.1 Å². The van der Waals surface area contributed by atoms with Crippen LogP contribution >= 0.6 is 15.9 Å². The highest BCUT2D eigenvalue weighted by atomic mass is 79.9. The van der Waals surface area contributed by atoms with Gasteiger partial charge in [0.25, 0.3) is 0 Å². The van der Waals surface area contributed by atoms with Crippen LogP contribution in [0.2, 0.25) is 0 Å². The number of nitrogens with one attached hydrogen (secondary N) is 3. The maximum atomic E-state index is 12.7. The Bertz CT molecular complexity index is 1390. The molecule has 10 nitrogen and oxygen atoms in total. The van der Waals surface area contributed by atoms with E-state index in [2.05, 4.69) is 49.0 Å². The number of hydrogen-bond donors (Lipinski definition) is 3. The minimum absolute atomic E-state index is 0.0788. The topological polar surface area (TPSA) is 117 Å². The molecule has 6 rings (SSSR count). The highest BCUT2D eigenvalue weighted by molar-refractivity contribution is 9.10. The molecule has 4 heterocycles. The summed E-state index contributed by atoms with van der Waals surface area (Å²) in [5.74, 6) is 0.989. The van der Waals surface area contributed by atoms with Gasteiger partial charge in [-0.05, 0) is 64.9 Å². The van der Waals surface area contributed by atoms with E-state index in [9.17, 15) is 9.59 Å². The van der Waals surface area contributed by atoms with E-state index in [1.54, 1.807) is 13.2 Å². The lowest BCUT2D eigenvalue weighted by Crippen LogP contribution is -2.52. The molecule has 2 aliphatic heterocycles. The van der Waals surface area contributed by atoms with Crippen LogP contribution in [0, 0.1) is 11.3 Å². The highest BCUT2D eigenvalue weighted by Crippen LogP contribution is 2.39. The molecule has 2 amide bonds. The molecular weight excluding hydrogens is 536 g/mol. The zero-order chi connectivity index (χ0) is 25.7. The predicted octanol–water partition coefficient (Wildman–Crippen LogP) is 2.40. The smallest absolute Gasteiger partial charge is 0.228 e. The van der Waals surface area contributed by atoms with Crippen LogP contribution < -0.4 is 16.0 Å². The van der Waals surface area contributed by atoms with Gasteiger partial charge in [0.2, 0.25) is 17.8 Å². The maximum Gasteiger partial charge on any atom is 0.228 e. The van der Waals surface area contributed by atoms with E-state index in [4.69, 9.17) is 10.1 Å². The Morgan fingerprint density at radius 1 is 1.24 bits per heavy atom. The Morgan fingerprint density at radius 3 is 2.84 bits per heavy atom. The lowest BCUT2D eigenvalue weighted by Gasteiger charge is -2.35. The summed E-state index contributed by atoms with van der Waals surface area (Å²) in [7, 11) is 1.69. The normalized spacial score (nSPS) is 23.5. The number of hydrogen-bond acceptors (Lipinski definition) is 7. The number of fused-ring (bicyclic) bond motifs is 2. The van der Waals surface area contributed by atoms with Crippen molar-refractivity contribution in [2.24, 2.45) is 11.3 Å². The van der Waals surface area contributed by atoms with Gasteiger partial charge in [0.05, 0.1) is 17.0 Å². The van der Waals surface area contributed by atoms with Gasteiger partial charge >= 0.3 is 0 Å². The van der Waals surface area contributed by atoms with Crippen molar-refractivity contribution in [1.29, 1.82) is 0 Å². The summed E-state index contributed by atoms with van der Waals surface area (Å²) < 4.78 is 2.53. The second kappa shape index (κ2) is 9.36. The van der Waals surface area contributed by atoms with Gasteiger partial charge < -0.3 is 20.9 Å². The van der Waals surface area contributed by atoms with Gasteiger partial charge in [-0.1, -0.05) is 13.0 Å². The van der Waals surface area contributed by atoms with Crippen molar-refractivity contribution < 1.29 is 9.59 Å². The molecule has 0 bridgehead atoms. The Hall–Kier alpha value is -3.05. The highest BCUT2D eigenvalue weighted by Gasteiger charge is 2.41. The van der Waals surface area contributed by atoms with E-state index >= 15 is 0 Å². The SMILES string of the molecule is CNC(=O)[C@]1(C)CC[C@@H](Nc2ncc3c(Br)nn(-c4ccc5c(c4)CCN(C(=O)C4CNC4)C5)c3n2)C1. The van der Waals surface area contributed by atoms with Gasteiger partial charge in [0.15, 0.2) is 5.65 Å². The molecule has 3 aromatic rings. The molecule has 0 radical (unpaired) electrons. The van der Waals surface area contributed by atoms with E-state index in [0.717, 1.165) is 56.4 Å². The molecule has 1 saturated heterocycles. The minimum atomic E-state index is -0.376. The molecule has 3 aliphatic rings. The average Bonchev–Trinajstić information content (AvgIpc) is 3.41. The first-order chi connectivity index (χ1) is 17.8. The van der Waals surface area contributed by atoms with Gasteiger partial charge in [-0.2, -0.15) is 10.1 Å². The quantitative estimate of drug-likeness (QED) is 0.434. The van der Waals surface area contributed by atoms with Gasteiger partial charge in [-0.25, -0.2) is 9.67 Å². The maximum absolute atomic E-state index is 12.7. The molecule has 0 unspecified atom stereocenters. The first-order valence-electron chi connectivity index (χ1n) is 12.9. The third-order valence-electron chi connectivity index (χ3n) is 8.12. The number of benzene rings is 1. The molecule has 2 aromatic heterocycles. The van der Waals surface area contributed by atoms with Crippen molar-refractivity contribution in [3.63, 3.8) is 0 Å². The van der Waals surface area contributed by atoms with Gasteiger partial charge in [0.1, 0.15) is 4.60 Å². The van der Waals surface area contributed by atoms with E-state index in [1.807, 2.05) is 22.6 Å². The molecule has 1 aliphatic carbocycles. The van der Waals surface area contributed by atoms with E-state index < -0.39 is 0 Å². The van der Waals surface area contributed by atoms with Crippen LogP contribution in [0.1, 0.15) is 37.3 Å². The lowest BCUT2D eigenvalue weighted by atomic mass is 9.87. The zero-order valence-electron chi connectivity index (χ0n) is 21.1. The summed E-state index contributed by atoms with van der Waals surface area (Å²) in [6, 6.07) is 6.42. The zero-order valence-corrected chi connectivity index (χ0v) is 22.6. The molecule has 1 aromatic carbocycles. The fourth-order valence-corrected chi connectivity index (χ4v) is 6.19. The van der Waals surface area contributed by atoms with E-state index in [0.29, 0.717) is 22.7 Å². The summed E-state index contributed by atoms with van der Waals surface area (Å²) in [5.41, 5.74) is 3.68. The van der Waals surface area contributed by atoms with Crippen LogP contribution in [-0.4, -0.2) is 69.2 Å². The Kier molecular flexibility index (Phi) is 6.15. The lowest BCUT2D eigenvalue weighted by molar-refractivity contribution is -0.138. The van der Waals surface area contributed by atoms with Gasteiger partial charge in [0, 0.05) is 50.9 Å². The molecule has 11 heteroatoms. The minimum Gasteiger partial charge on any atom is -0.359 e. The Labute approximate surface area is 223 Å². The average molecular weight is 567 g/mol. The van der Waals surface area contributed by atoms with Crippen LogP contribution in [0.25, 0.3) is 16.7 Å². The fourth-order valence-electron chi connectivity index (χ4n) is 5.75. The molecule has 2 fully saturated rings. The number of rotatable bonds is 5. The summed E-state index contributed by atoms with van der Waals surface area (Å²) in [6.07, 6.45) is 5.05. The number of carbonyl (C=O) groups excluding carboxylic acids is 2. The molecule has 37 heavy (non-hydrogen) atoms. The fraction of sp³-hybridized carbons (Fsp3) is 0.500. The molecule has 2 atom stereocenters. The molecule has 0 spiro atoms. The second-order valence-electron chi connectivity index (χ2n) is 10.7. The third-order valence-corrected chi connectivity index (χ3v) is 8.70. The number of aromatic nitrogens is 4. The number of amides is 2. The monoisotopic (exact) mass is 566 g/mol. The van der Waals surface area contributed by atoms with Crippen LogP contribution in [-0.2, 0) is 22.6 Å². The number of anilines is 1. The first kappa shape index (κ1) is 24.3. The van der Waals surface area contributed by atoms with E-state index in [-0.39, 0.29) is 29.2 Å². The van der Waals surface area contributed by atoms with Crippen LogP contribution in [0.5, 0.6) is 0 Å². The van der Waals surface area contributed by atoms with Crippen LogP contribution in [0.15, 0.2) is 29.0 Å². The van der Waals surface area contributed by atoms with Crippen molar-refractivity contribution in [2.75, 3.05) is 32.0 Å². The number of halogens is 1. The summed E-state index contributed by atoms with van der Waals surface area (Å²) >= 11 is 3.56. The Balaban J connectivity index is 1.23. The van der Waals surface area contributed by atoms with Crippen molar-refractivity contribution in [2.45, 2.75) is 45.2 Å². The molecule has 3 N–H and O–H groups in total. The molecule has 194 valence electrons. The third kappa shape index (κ3) is 4.37. The Morgan fingerprint density at radius 2 is 2.08 bits per heavy atom. The number of nitrogens with zero attached hydrogens (tertiary/aromatic N) is 5. The molecule has 1 saturated carbocycles.